The lowest BCUT2D eigenvalue weighted by Gasteiger charge is -2.19. The van der Waals surface area contributed by atoms with Gasteiger partial charge in [-0.1, -0.05) is 30.0 Å². The minimum Gasteiger partial charge on any atom is -0.493 e. The molecule has 5 heteroatoms. The van der Waals surface area contributed by atoms with Crippen LogP contribution in [0.15, 0.2) is 18.2 Å². The van der Waals surface area contributed by atoms with Crippen LogP contribution in [0.1, 0.15) is 46.3 Å². The summed E-state index contributed by atoms with van der Waals surface area (Å²) >= 11 is 1.18. The molecular formula is C15H16N2O2S. The van der Waals surface area contributed by atoms with Crippen LogP contribution in [0.25, 0.3) is 0 Å². The average Bonchev–Trinajstić information content (AvgIpc) is 2.94. The number of fused-ring (bicyclic) bond motifs is 1. The summed E-state index contributed by atoms with van der Waals surface area (Å²) in [4.78, 5) is 13.4. The second kappa shape index (κ2) is 5.71. The zero-order chi connectivity index (χ0) is 13.9. The minimum absolute atomic E-state index is 0.0119. The highest BCUT2D eigenvalue weighted by atomic mass is 32.1. The van der Waals surface area contributed by atoms with Gasteiger partial charge in [0.25, 0.3) is 0 Å². The molecule has 104 valence electrons. The van der Waals surface area contributed by atoms with E-state index in [1.165, 1.54) is 11.5 Å². The summed E-state index contributed by atoms with van der Waals surface area (Å²) in [5, 5.41) is 4.07. The largest absolute Gasteiger partial charge is 0.493 e. The number of hydrogen-bond donors (Lipinski definition) is 0. The highest BCUT2D eigenvalue weighted by Crippen LogP contribution is 2.31. The van der Waals surface area contributed by atoms with Crippen molar-refractivity contribution in [2.75, 3.05) is 6.61 Å². The molecule has 1 aromatic carbocycles. The molecule has 0 saturated carbocycles. The quantitative estimate of drug-likeness (QED) is 0.811. The maximum atomic E-state index is 12.7. The van der Waals surface area contributed by atoms with Crippen molar-refractivity contribution in [3.05, 3.63) is 39.9 Å². The van der Waals surface area contributed by atoms with Crippen molar-refractivity contribution in [1.82, 2.24) is 9.59 Å². The van der Waals surface area contributed by atoms with Crippen LogP contribution >= 0.6 is 11.5 Å². The number of aromatic nitrogens is 2. The molecule has 1 aliphatic heterocycles. The maximum Gasteiger partial charge on any atom is 0.210 e. The van der Waals surface area contributed by atoms with Gasteiger partial charge in [-0.15, -0.1) is 5.10 Å². The van der Waals surface area contributed by atoms with E-state index in [0.29, 0.717) is 17.0 Å². The molecule has 1 aromatic heterocycles. The van der Waals surface area contributed by atoms with Crippen molar-refractivity contribution in [3.63, 3.8) is 0 Å². The molecule has 0 bridgehead atoms. The van der Waals surface area contributed by atoms with E-state index in [0.717, 1.165) is 42.7 Å². The molecule has 0 amide bonds. The van der Waals surface area contributed by atoms with Gasteiger partial charge in [0.15, 0.2) is 0 Å². The number of carbonyl (C=O) groups is 1. The second-order valence-electron chi connectivity index (χ2n) is 4.87. The Hall–Kier alpha value is -1.75. The fourth-order valence-corrected chi connectivity index (χ4v) is 3.13. The van der Waals surface area contributed by atoms with E-state index < -0.39 is 0 Å². The van der Waals surface area contributed by atoms with Gasteiger partial charge in [-0.05, 0) is 42.4 Å². The Kier molecular flexibility index (Phi) is 3.78. The van der Waals surface area contributed by atoms with Crippen molar-refractivity contribution in [2.45, 2.75) is 32.6 Å². The number of ether oxygens (including phenoxy) is 1. The van der Waals surface area contributed by atoms with Gasteiger partial charge in [-0.25, -0.2) is 0 Å². The molecule has 20 heavy (non-hydrogen) atoms. The van der Waals surface area contributed by atoms with E-state index in [9.17, 15) is 4.79 Å². The first-order valence-corrected chi connectivity index (χ1v) is 7.69. The van der Waals surface area contributed by atoms with Crippen LogP contribution in [0.5, 0.6) is 5.75 Å². The predicted molar refractivity (Wildman–Crippen MR) is 77.6 cm³/mol. The summed E-state index contributed by atoms with van der Waals surface area (Å²) in [5.41, 5.74) is 2.57. The molecule has 0 unspecified atom stereocenters. The number of nitrogens with zero attached hydrogens (tertiary/aromatic N) is 2. The van der Waals surface area contributed by atoms with Gasteiger partial charge in [0.2, 0.25) is 5.78 Å². The Morgan fingerprint density at radius 1 is 1.45 bits per heavy atom. The molecule has 3 rings (SSSR count). The van der Waals surface area contributed by atoms with Crippen LogP contribution in [0.3, 0.4) is 0 Å². The summed E-state index contributed by atoms with van der Waals surface area (Å²) in [6.07, 6.45) is 3.72. The number of aryl methyl sites for hydroxylation is 2. The predicted octanol–water partition coefficient (Wildman–Crippen LogP) is 3.05. The highest BCUT2D eigenvalue weighted by molar-refractivity contribution is 7.08. The Bertz CT molecular complexity index is 637. The van der Waals surface area contributed by atoms with Gasteiger partial charge in [0, 0.05) is 0 Å². The van der Waals surface area contributed by atoms with Crippen molar-refractivity contribution >= 4 is 17.3 Å². The molecule has 4 nitrogen and oxygen atoms in total. The van der Waals surface area contributed by atoms with Crippen LogP contribution in [0, 0.1) is 0 Å². The summed E-state index contributed by atoms with van der Waals surface area (Å²) in [7, 11) is 0. The molecule has 0 saturated heterocycles. The lowest BCUT2D eigenvalue weighted by Crippen LogP contribution is -2.13. The molecule has 0 spiro atoms. The van der Waals surface area contributed by atoms with E-state index in [1.54, 1.807) is 0 Å². The standard InChI is InChI=1S/C15H16N2O2S/c1-2-5-12-15(20-17-16-12)13(18)11-8-3-6-10-7-4-9-19-14(10)11/h3,6,8H,2,4-5,7,9H2,1H3. The topological polar surface area (TPSA) is 52.1 Å². The van der Waals surface area contributed by atoms with Gasteiger partial charge in [0.1, 0.15) is 10.6 Å². The van der Waals surface area contributed by atoms with Gasteiger partial charge < -0.3 is 4.74 Å². The van der Waals surface area contributed by atoms with Crippen LogP contribution in [0.2, 0.25) is 0 Å². The number of hydrogen-bond acceptors (Lipinski definition) is 5. The first-order valence-electron chi connectivity index (χ1n) is 6.92. The highest BCUT2D eigenvalue weighted by Gasteiger charge is 2.23. The SMILES string of the molecule is CCCc1nnsc1C(=O)c1cccc2c1OCCC2. The van der Waals surface area contributed by atoms with Crippen LogP contribution in [0.4, 0.5) is 0 Å². The summed E-state index contributed by atoms with van der Waals surface area (Å²) in [5.74, 6) is 0.738. The molecule has 0 radical (unpaired) electrons. The number of para-hydroxylation sites is 1. The molecule has 1 aliphatic rings. The molecule has 2 heterocycles. The fraction of sp³-hybridized carbons (Fsp3) is 0.400. The average molecular weight is 288 g/mol. The van der Waals surface area contributed by atoms with E-state index in [4.69, 9.17) is 4.74 Å². The van der Waals surface area contributed by atoms with Crippen LogP contribution in [-0.4, -0.2) is 22.0 Å². The Morgan fingerprint density at radius 3 is 3.20 bits per heavy atom. The first kappa shape index (κ1) is 13.2. The smallest absolute Gasteiger partial charge is 0.210 e. The van der Waals surface area contributed by atoms with Crippen LogP contribution in [-0.2, 0) is 12.8 Å². The molecule has 0 N–H and O–H groups in total. The second-order valence-corrected chi connectivity index (χ2v) is 5.63. The van der Waals surface area contributed by atoms with Gasteiger partial charge in [-0.2, -0.15) is 0 Å². The normalized spacial score (nSPS) is 13.7. The number of benzene rings is 1. The zero-order valence-corrected chi connectivity index (χ0v) is 12.2. The third kappa shape index (κ3) is 2.33. The third-order valence-electron chi connectivity index (χ3n) is 3.43. The lowest BCUT2D eigenvalue weighted by atomic mass is 9.99. The van der Waals surface area contributed by atoms with Gasteiger partial charge >= 0.3 is 0 Å². The van der Waals surface area contributed by atoms with Crippen LogP contribution < -0.4 is 4.74 Å². The third-order valence-corrected chi connectivity index (χ3v) is 4.19. The lowest BCUT2D eigenvalue weighted by molar-refractivity contribution is 0.103. The van der Waals surface area contributed by atoms with Crippen molar-refractivity contribution in [3.8, 4) is 5.75 Å². The van der Waals surface area contributed by atoms with Crippen molar-refractivity contribution in [2.24, 2.45) is 0 Å². The Labute approximate surface area is 122 Å². The number of ketones is 1. The van der Waals surface area contributed by atoms with E-state index in [-0.39, 0.29) is 5.78 Å². The Balaban J connectivity index is 2.00. The number of rotatable bonds is 4. The van der Waals surface area contributed by atoms with Gasteiger partial charge in [0.05, 0.1) is 17.9 Å². The minimum atomic E-state index is -0.0119. The van der Waals surface area contributed by atoms with Crippen molar-refractivity contribution < 1.29 is 9.53 Å². The maximum absolute atomic E-state index is 12.7. The molecule has 2 aromatic rings. The molecule has 0 atom stereocenters. The van der Waals surface area contributed by atoms with Crippen molar-refractivity contribution in [1.29, 1.82) is 0 Å². The van der Waals surface area contributed by atoms with E-state index in [2.05, 4.69) is 16.5 Å². The first-order chi connectivity index (χ1) is 9.81. The van der Waals surface area contributed by atoms with E-state index >= 15 is 0 Å². The molecule has 0 fully saturated rings. The monoisotopic (exact) mass is 288 g/mol. The summed E-state index contributed by atoms with van der Waals surface area (Å²) in [6, 6.07) is 5.79. The molecule has 0 aliphatic carbocycles. The fourth-order valence-electron chi connectivity index (χ4n) is 2.47. The number of carbonyl (C=O) groups excluding carboxylic acids is 1. The summed E-state index contributed by atoms with van der Waals surface area (Å²) < 4.78 is 9.65. The zero-order valence-electron chi connectivity index (χ0n) is 11.4. The summed E-state index contributed by atoms with van der Waals surface area (Å²) in [6.45, 7) is 2.75. The van der Waals surface area contributed by atoms with Gasteiger partial charge in [-0.3, -0.25) is 4.79 Å². The molecular weight excluding hydrogens is 272 g/mol. The van der Waals surface area contributed by atoms with E-state index in [1.807, 2.05) is 18.2 Å². The Morgan fingerprint density at radius 2 is 2.35 bits per heavy atom.